The summed E-state index contributed by atoms with van der Waals surface area (Å²) in [4.78, 5) is 37.3. The molecule has 8 nitrogen and oxygen atoms in total. The number of nitrogens with one attached hydrogen (secondary N) is 1. The zero-order chi connectivity index (χ0) is 32.2. The maximum absolute atomic E-state index is 12.6. The van der Waals surface area contributed by atoms with Crippen LogP contribution in [0.15, 0.2) is 0 Å². The summed E-state index contributed by atoms with van der Waals surface area (Å²) < 4.78 is 11.2. The van der Waals surface area contributed by atoms with Gasteiger partial charge in [0.2, 0.25) is 5.91 Å². The second-order valence-corrected chi connectivity index (χ2v) is 13.7. The van der Waals surface area contributed by atoms with Crippen molar-refractivity contribution in [3.8, 4) is 0 Å². The van der Waals surface area contributed by atoms with Gasteiger partial charge in [-0.15, -0.1) is 0 Å². The Labute approximate surface area is 267 Å². The van der Waals surface area contributed by atoms with E-state index in [1.807, 2.05) is 0 Å². The molecule has 0 aromatic heterocycles. The van der Waals surface area contributed by atoms with E-state index in [0.29, 0.717) is 24.3 Å². The first-order chi connectivity index (χ1) is 20.6. The predicted octanol–water partition coefficient (Wildman–Crippen LogP) is 7.23. The number of esters is 2. The average molecular weight is 631 g/mol. The normalized spacial score (nSPS) is 13.0. The number of carbonyl (C=O) groups is 3. The first-order valence-electron chi connectivity index (χ1n) is 17.3. The molecule has 0 heterocycles. The van der Waals surface area contributed by atoms with Crippen molar-refractivity contribution in [3.05, 3.63) is 0 Å². The van der Waals surface area contributed by atoms with Gasteiger partial charge < -0.3 is 25.6 Å². The largest absolute Gasteiger partial charge is 0.462 e. The lowest BCUT2D eigenvalue weighted by molar-refractivity contribution is -0.157. The Bertz CT molecular complexity index is 706. The van der Waals surface area contributed by atoms with Crippen LogP contribution >= 0.6 is 11.8 Å². The molecule has 0 radical (unpaired) electrons. The molecule has 0 bridgehead atoms. The van der Waals surface area contributed by atoms with Gasteiger partial charge in [-0.05, 0) is 26.7 Å². The summed E-state index contributed by atoms with van der Waals surface area (Å²) >= 11 is 1.38. The Morgan fingerprint density at radius 2 is 1.16 bits per heavy atom. The minimum atomic E-state index is -0.775. The van der Waals surface area contributed by atoms with E-state index in [1.165, 1.54) is 88.8 Å². The number of aliphatic hydroxyl groups is 1. The van der Waals surface area contributed by atoms with Crippen molar-refractivity contribution in [1.82, 2.24) is 5.32 Å². The number of rotatable bonds is 30. The molecule has 0 saturated carbocycles. The Morgan fingerprint density at radius 1 is 0.721 bits per heavy atom. The number of hydrogen-bond donors (Lipinski definition) is 3. The first-order valence-corrected chi connectivity index (χ1v) is 18.4. The van der Waals surface area contributed by atoms with Gasteiger partial charge in [0, 0.05) is 24.3 Å². The van der Waals surface area contributed by atoms with Gasteiger partial charge in [-0.1, -0.05) is 117 Å². The van der Waals surface area contributed by atoms with Crippen molar-refractivity contribution < 1.29 is 29.0 Å². The summed E-state index contributed by atoms with van der Waals surface area (Å²) in [6.45, 7) is 7.70. The predicted molar refractivity (Wildman–Crippen MR) is 179 cm³/mol. The summed E-state index contributed by atoms with van der Waals surface area (Å²) in [6.07, 6.45) is 21.3. The van der Waals surface area contributed by atoms with Crippen LogP contribution in [-0.2, 0) is 23.9 Å². The van der Waals surface area contributed by atoms with Gasteiger partial charge in [0.25, 0.3) is 0 Å². The van der Waals surface area contributed by atoms with Crippen LogP contribution < -0.4 is 11.1 Å². The van der Waals surface area contributed by atoms with E-state index in [-0.39, 0.29) is 31.1 Å². The highest BCUT2D eigenvalue weighted by molar-refractivity contribution is 7.99. The number of carbonyl (C=O) groups excluding carboxylic acids is 3. The number of unbranched alkanes of at least 4 members (excludes halogenated alkanes) is 16. The fourth-order valence-electron chi connectivity index (χ4n) is 4.65. The molecule has 0 fully saturated rings. The van der Waals surface area contributed by atoms with Crippen LogP contribution in [0, 0.1) is 0 Å². The SMILES string of the molecule is CCCCCCCCCCCC(=O)OC[C@H](CSC[C@H](N)C(=O)NC(C)(C)CO)OC(=O)CCCCCCCCCCC. The van der Waals surface area contributed by atoms with Crippen LogP contribution in [0.4, 0.5) is 0 Å². The Hall–Kier alpha value is -1.32. The van der Waals surface area contributed by atoms with E-state index >= 15 is 0 Å². The molecule has 0 rings (SSSR count). The number of amides is 1. The standard InChI is InChI=1S/C34H66N2O6S/c1-5-7-9-11-13-15-17-19-21-23-31(38)41-25-29(26-43-27-30(35)33(40)36-34(3,4)28-37)42-32(39)24-22-20-18-16-14-12-10-8-6-2/h29-30,37H,5-28,35H2,1-4H3,(H,36,40)/t29-,30+/m1/s1. The lowest BCUT2D eigenvalue weighted by Gasteiger charge is -2.25. The highest BCUT2D eigenvalue weighted by Crippen LogP contribution is 2.15. The molecule has 0 aromatic rings. The molecular weight excluding hydrogens is 564 g/mol. The quantitative estimate of drug-likeness (QED) is 0.0560. The van der Waals surface area contributed by atoms with Crippen molar-refractivity contribution in [2.24, 2.45) is 5.73 Å². The van der Waals surface area contributed by atoms with Gasteiger partial charge in [0.15, 0.2) is 0 Å². The summed E-state index contributed by atoms with van der Waals surface area (Å²) in [5.41, 5.74) is 5.29. The molecule has 43 heavy (non-hydrogen) atoms. The minimum absolute atomic E-state index is 0.00569. The second kappa shape index (κ2) is 28.2. The van der Waals surface area contributed by atoms with E-state index in [4.69, 9.17) is 15.2 Å². The van der Waals surface area contributed by atoms with Gasteiger partial charge in [-0.2, -0.15) is 11.8 Å². The van der Waals surface area contributed by atoms with Crippen molar-refractivity contribution in [3.63, 3.8) is 0 Å². The van der Waals surface area contributed by atoms with Crippen LogP contribution in [-0.4, -0.2) is 65.4 Å². The fraction of sp³-hybridized carbons (Fsp3) is 0.912. The topological polar surface area (TPSA) is 128 Å². The van der Waals surface area contributed by atoms with Crippen molar-refractivity contribution >= 4 is 29.6 Å². The maximum Gasteiger partial charge on any atom is 0.306 e. The van der Waals surface area contributed by atoms with Gasteiger partial charge in [-0.3, -0.25) is 14.4 Å². The van der Waals surface area contributed by atoms with Gasteiger partial charge in [0.1, 0.15) is 12.7 Å². The zero-order valence-corrected chi connectivity index (χ0v) is 28.9. The number of aliphatic hydroxyl groups excluding tert-OH is 1. The molecular formula is C34H66N2O6S. The zero-order valence-electron chi connectivity index (χ0n) is 28.1. The Kier molecular flexibility index (Phi) is 27.3. The molecule has 9 heteroatoms. The molecule has 0 unspecified atom stereocenters. The Morgan fingerprint density at radius 3 is 1.63 bits per heavy atom. The molecule has 0 aliphatic rings. The molecule has 0 aliphatic heterocycles. The summed E-state index contributed by atoms with van der Waals surface area (Å²) in [5, 5.41) is 12.1. The number of ether oxygens (including phenoxy) is 2. The van der Waals surface area contributed by atoms with Crippen LogP contribution in [0.2, 0.25) is 0 Å². The number of hydrogen-bond acceptors (Lipinski definition) is 8. The lowest BCUT2D eigenvalue weighted by Crippen LogP contribution is -2.53. The molecule has 1 amide bonds. The van der Waals surface area contributed by atoms with E-state index in [2.05, 4.69) is 19.2 Å². The molecule has 0 aromatic carbocycles. The molecule has 2 atom stereocenters. The number of thioether (sulfide) groups is 1. The van der Waals surface area contributed by atoms with E-state index in [1.54, 1.807) is 13.8 Å². The van der Waals surface area contributed by atoms with Crippen molar-refractivity contribution in [1.29, 1.82) is 0 Å². The van der Waals surface area contributed by atoms with Crippen molar-refractivity contribution in [2.75, 3.05) is 24.7 Å². The highest BCUT2D eigenvalue weighted by Gasteiger charge is 2.24. The van der Waals surface area contributed by atoms with E-state index < -0.39 is 17.7 Å². The number of nitrogens with two attached hydrogens (primary N) is 1. The average Bonchev–Trinajstić information content (AvgIpc) is 2.97. The molecule has 4 N–H and O–H groups in total. The monoisotopic (exact) mass is 630 g/mol. The fourth-order valence-corrected chi connectivity index (χ4v) is 5.62. The third-order valence-corrected chi connectivity index (χ3v) is 8.69. The third-order valence-electron chi connectivity index (χ3n) is 7.49. The van der Waals surface area contributed by atoms with Crippen LogP contribution in [0.1, 0.15) is 156 Å². The Balaban J connectivity index is 4.51. The summed E-state index contributed by atoms with van der Waals surface area (Å²) in [6, 6.07) is -0.775. The molecule has 0 spiro atoms. The van der Waals surface area contributed by atoms with E-state index in [0.717, 1.165) is 38.5 Å². The first kappa shape index (κ1) is 41.7. The van der Waals surface area contributed by atoms with Gasteiger partial charge in [-0.25, -0.2) is 0 Å². The minimum Gasteiger partial charge on any atom is -0.462 e. The van der Waals surface area contributed by atoms with Crippen molar-refractivity contribution in [2.45, 2.75) is 174 Å². The molecule has 0 saturated heterocycles. The lowest BCUT2D eigenvalue weighted by atomic mass is 10.1. The van der Waals surface area contributed by atoms with Crippen LogP contribution in [0.5, 0.6) is 0 Å². The highest BCUT2D eigenvalue weighted by atomic mass is 32.2. The molecule has 0 aliphatic carbocycles. The summed E-state index contributed by atoms with van der Waals surface area (Å²) in [5.74, 6) is -0.214. The van der Waals surface area contributed by atoms with Gasteiger partial charge >= 0.3 is 11.9 Å². The van der Waals surface area contributed by atoms with Gasteiger partial charge in [0.05, 0.1) is 18.2 Å². The summed E-state index contributed by atoms with van der Waals surface area (Å²) in [7, 11) is 0. The maximum atomic E-state index is 12.6. The third kappa shape index (κ3) is 26.8. The van der Waals surface area contributed by atoms with Crippen LogP contribution in [0.3, 0.4) is 0 Å². The second-order valence-electron chi connectivity index (χ2n) is 12.6. The molecule has 254 valence electrons. The smallest absolute Gasteiger partial charge is 0.306 e. The van der Waals surface area contributed by atoms with Crippen LogP contribution in [0.25, 0.3) is 0 Å². The van der Waals surface area contributed by atoms with E-state index in [9.17, 15) is 19.5 Å².